The maximum absolute atomic E-state index is 2.34. The Balaban J connectivity index is 0.000000379. The molecule has 0 nitrogen and oxygen atoms in total. The van der Waals surface area contributed by atoms with Gasteiger partial charge in [-0.15, -0.1) is 0 Å². The molecule has 0 bridgehead atoms. The van der Waals surface area contributed by atoms with Crippen LogP contribution < -0.4 is 21.2 Å². The zero-order chi connectivity index (χ0) is 35.2. The molecule has 4 saturated carbocycles. The van der Waals surface area contributed by atoms with Crippen LogP contribution in [-0.2, 0) is 17.1 Å². The van der Waals surface area contributed by atoms with E-state index in [0.717, 1.165) is 0 Å². The quantitative estimate of drug-likeness (QED) is 0.109. The summed E-state index contributed by atoms with van der Waals surface area (Å²) in [7, 11) is -1.42. The van der Waals surface area contributed by atoms with Crippen LogP contribution in [0.25, 0.3) is 0 Å². The Morgan fingerprint density at radius 3 is 0.755 bits per heavy atom. The van der Waals surface area contributed by atoms with Crippen LogP contribution >= 0.6 is 15.8 Å². The maximum Gasteiger partial charge on any atom is 2.00 e. The monoisotopic (exact) mass is 758 g/mol. The first kappa shape index (κ1) is 40.2. The predicted octanol–water partition coefficient (Wildman–Crippen LogP) is 10.2. The van der Waals surface area contributed by atoms with Crippen LogP contribution in [0.4, 0.5) is 0 Å². The fourth-order valence-electron chi connectivity index (χ4n) is 6.42. The van der Waals surface area contributed by atoms with Gasteiger partial charge >= 0.3 is 17.1 Å². The van der Waals surface area contributed by atoms with E-state index < -0.39 is 15.8 Å². The van der Waals surface area contributed by atoms with Gasteiger partial charge in [0, 0.05) is 23.2 Å². The molecule has 0 unspecified atom stereocenters. The SMILES string of the molecule is [CH]1[CH][CH][CH][CH]1.[CH]1[CH][CH][CH][CH]1.[CH]1[CH][C](c2ccccc2[C]2[CH][CH][CH][C]2P(c2ccccc2)c2ccccc2)[C](P(c2ccccc2)c2ccccc2)[CH]1.[Fe+2]. The van der Waals surface area contributed by atoms with E-state index >= 15 is 0 Å². The van der Waals surface area contributed by atoms with Crippen molar-refractivity contribution in [1.82, 2.24) is 0 Å². The molecule has 0 saturated heterocycles. The predicted molar refractivity (Wildman–Crippen MR) is 225 cm³/mol. The normalized spacial score (nSPS) is 18.0. The van der Waals surface area contributed by atoms with Gasteiger partial charge in [0.25, 0.3) is 0 Å². The molecule has 20 radical (unpaired) electrons. The van der Waals surface area contributed by atoms with E-state index in [1.807, 2.05) is 64.2 Å². The first-order valence-corrected chi connectivity index (χ1v) is 20.3. The van der Waals surface area contributed by atoms with E-state index in [9.17, 15) is 0 Å². The minimum Gasteiger partial charge on any atom is -0.0622 e. The Morgan fingerprint density at radius 1 is 0.245 bits per heavy atom. The third-order valence-electron chi connectivity index (χ3n) is 8.74. The summed E-state index contributed by atoms with van der Waals surface area (Å²) in [4.78, 5) is 0. The molecule has 4 aliphatic carbocycles. The molecule has 0 atom stereocenters. The van der Waals surface area contributed by atoms with Gasteiger partial charge in [-0.1, -0.05) is 146 Å². The summed E-state index contributed by atoms with van der Waals surface area (Å²) in [6, 6.07) is 53.0. The molecule has 53 heavy (non-hydrogen) atoms. The van der Waals surface area contributed by atoms with E-state index in [1.54, 1.807) is 0 Å². The van der Waals surface area contributed by atoms with Crippen molar-refractivity contribution in [3.05, 3.63) is 283 Å². The minimum absolute atomic E-state index is 0. The van der Waals surface area contributed by atoms with Gasteiger partial charge in [0.15, 0.2) is 0 Å². The molecule has 0 heterocycles. The molecule has 0 N–H and O–H groups in total. The standard InChI is InChI=1S/C40H30P2.2C5H5.Fe/c1-5-17-31(18-6-1)41(32-19-7-2-8-20-32)39-29-15-27-37(39)35-25-13-14-26-36(35)38-28-16-30-40(38)42(33-21-9-3-10-22-33)34-23-11-4-12-24-34;2*1-2-4-5-3-1;/h1-30H;2*1-5H;/q;;;+2. The van der Waals surface area contributed by atoms with Crippen molar-refractivity contribution in [2.75, 3.05) is 0 Å². The minimum atomic E-state index is -0.712. The van der Waals surface area contributed by atoms with E-state index in [0.29, 0.717) is 0 Å². The fourth-order valence-corrected chi connectivity index (χ4v) is 11.4. The molecule has 4 fully saturated rings. The van der Waals surface area contributed by atoms with Crippen molar-refractivity contribution in [1.29, 1.82) is 0 Å². The van der Waals surface area contributed by atoms with Crippen molar-refractivity contribution in [3.63, 3.8) is 0 Å². The Hall–Kier alpha value is -2.52. The first-order valence-electron chi connectivity index (χ1n) is 17.6. The Morgan fingerprint density at radius 2 is 0.491 bits per heavy atom. The zero-order valence-electron chi connectivity index (χ0n) is 29.3. The van der Waals surface area contributed by atoms with Crippen LogP contribution in [-0.4, -0.2) is 0 Å². The fraction of sp³-hybridized carbons (Fsp3) is 0. The molecule has 0 spiro atoms. The van der Waals surface area contributed by atoms with Crippen LogP contribution in [0.15, 0.2) is 146 Å². The van der Waals surface area contributed by atoms with Crippen molar-refractivity contribution in [2.24, 2.45) is 0 Å². The summed E-state index contributed by atoms with van der Waals surface area (Å²) in [6.07, 6.45) is 33.8. The summed E-state index contributed by atoms with van der Waals surface area (Å²) in [6.45, 7) is 0. The number of benzene rings is 5. The summed E-state index contributed by atoms with van der Waals surface area (Å²) < 4.78 is 0. The molecular formula is C50H40FeP2+2. The molecule has 0 aliphatic heterocycles. The summed E-state index contributed by atoms with van der Waals surface area (Å²) in [5.74, 6) is 2.64. The summed E-state index contributed by atoms with van der Waals surface area (Å²) in [5, 5.41) is 5.48. The van der Waals surface area contributed by atoms with E-state index in [-0.39, 0.29) is 17.1 Å². The van der Waals surface area contributed by atoms with Gasteiger partial charge in [0.05, 0.1) is 0 Å². The summed E-state index contributed by atoms with van der Waals surface area (Å²) in [5.41, 5.74) is 5.38. The average molecular weight is 759 g/mol. The molecule has 4 aliphatic rings. The van der Waals surface area contributed by atoms with Gasteiger partial charge in [-0.3, -0.25) is 0 Å². The van der Waals surface area contributed by atoms with Crippen molar-refractivity contribution in [3.8, 4) is 0 Å². The number of hydrogen-bond acceptors (Lipinski definition) is 0. The molecule has 5 aromatic rings. The number of hydrogen-bond donors (Lipinski definition) is 0. The Labute approximate surface area is 335 Å². The van der Waals surface area contributed by atoms with Gasteiger partial charge < -0.3 is 0 Å². The second-order valence-electron chi connectivity index (χ2n) is 12.1. The molecule has 3 heteroatoms. The van der Waals surface area contributed by atoms with Crippen LogP contribution in [0.2, 0.25) is 0 Å². The molecule has 9 rings (SSSR count). The van der Waals surface area contributed by atoms with E-state index in [1.165, 1.54) is 55.5 Å². The van der Waals surface area contributed by atoms with Crippen molar-refractivity contribution < 1.29 is 17.1 Å². The van der Waals surface area contributed by atoms with Gasteiger partial charge in [0.2, 0.25) is 0 Å². The average Bonchev–Trinajstić information content (AvgIpc) is 4.08. The third kappa shape index (κ3) is 10.6. The number of rotatable bonds is 8. The smallest absolute Gasteiger partial charge is 0.0622 e. The van der Waals surface area contributed by atoms with Crippen LogP contribution in [0.3, 0.4) is 0 Å². The zero-order valence-corrected chi connectivity index (χ0v) is 32.2. The van der Waals surface area contributed by atoms with Crippen LogP contribution in [0.5, 0.6) is 0 Å². The topological polar surface area (TPSA) is 0 Å². The Kier molecular flexibility index (Phi) is 16.3. The molecule has 0 amide bonds. The Bertz CT molecular complexity index is 1500. The van der Waals surface area contributed by atoms with Gasteiger partial charge in [-0.05, 0) is 151 Å². The van der Waals surface area contributed by atoms with E-state index in [2.05, 4.69) is 184 Å². The van der Waals surface area contributed by atoms with E-state index in [4.69, 9.17) is 0 Å². The van der Waals surface area contributed by atoms with Crippen LogP contribution in [0.1, 0.15) is 11.1 Å². The van der Waals surface area contributed by atoms with Gasteiger partial charge in [-0.25, -0.2) is 0 Å². The van der Waals surface area contributed by atoms with Gasteiger partial charge in [-0.2, -0.15) is 0 Å². The molecular weight excluding hydrogens is 718 g/mol. The van der Waals surface area contributed by atoms with Gasteiger partial charge in [0.1, 0.15) is 0 Å². The third-order valence-corrected chi connectivity index (χ3v) is 13.7. The van der Waals surface area contributed by atoms with Crippen molar-refractivity contribution >= 4 is 37.1 Å². The summed E-state index contributed by atoms with van der Waals surface area (Å²) >= 11 is 0. The van der Waals surface area contributed by atoms with Crippen LogP contribution in [0, 0.1) is 126 Å². The first-order chi connectivity index (χ1) is 25.9. The maximum atomic E-state index is 2.34. The van der Waals surface area contributed by atoms with Crippen molar-refractivity contribution in [2.45, 2.75) is 0 Å². The second kappa shape index (κ2) is 21.5. The molecule has 0 aromatic heterocycles. The largest absolute Gasteiger partial charge is 2.00 e. The molecule has 256 valence electrons. The second-order valence-corrected chi connectivity index (χ2v) is 16.5. The molecule has 5 aromatic carbocycles.